The number of allylic oxidation sites excluding steroid dienone is 10. The van der Waals surface area contributed by atoms with Crippen molar-refractivity contribution in [1.29, 1.82) is 0 Å². The van der Waals surface area contributed by atoms with Crippen molar-refractivity contribution in [1.82, 2.24) is 0 Å². The van der Waals surface area contributed by atoms with E-state index in [-0.39, 0.29) is 25.2 Å². The minimum absolute atomic E-state index is 0.0803. The first-order valence-corrected chi connectivity index (χ1v) is 22.8. The van der Waals surface area contributed by atoms with Crippen LogP contribution < -0.4 is 0 Å². The zero-order valence-electron chi connectivity index (χ0n) is 35.5. The second kappa shape index (κ2) is 45.0. The summed E-state index contributed by atoms with van der Waals surface area (Å²) in [4.78, 5) is 24.4. The van der Waals surface area contributed by atoms with Crippen molar-refractivity contribution in [2.24, 2.45) is 0 Å². The molecule has 0 aromatic rings. The third kappa shape index (κ3) is 42.3. The summed E-state index contributed by atoms with van der Waals surface area (Å²) in [5.74, 6) is -0.626. The molecule has 0 saturated heterocycles. The highest BCUT2D eigenvalue weighted by Crippen LogP contribution is 2.14. The van der Waals surface area contributed by atoms with Crippen molar-refractivity contribution < 1.29 is 24.2 Å². The fourth-order valence-corrected chi connectivity index (χ4v) is 6.30. The van der Waals surface area contributed by atoms with Crippen LogP contribution in [0.25, 0.3) is 0 Å². The van der Waals surface area contributed by atoms with Gasteiger partial charge >= 0.3 is 11.9 Å². The lowest BCUT2D eigenvalue weighted by Gasteiger charge is -2.15. The van der Waals surface area contributed by atoms with Crippen LogP contribution in [0.4, 0.5) is 0 Å². The number of hydrogen-bond acceptors (Lipinski definition) is 5. The second-order valence-electron chi connectivity index (χ2n) is 15.1. The number of carbonyl (C=O) groups is 2. The fraction of sp³-hybridized carbons (Fsp3) is 0.755. The molecule has 0 aromatic carbocycles. The number of unbranched alkanes of at least 4 members (excludes halogenated alkanes) is 23. The Balaban J connectivity index is 3.58. The van der Waals surface area contributed by atoms with Gasteiger partial charge in [0.15, 0.2) is 6.10 Å². The highest BCUT2D eigenvalue weighted by molar-refractivity contribution is 5.70. The molecule has 0 bridgehead atoms. The molecule has 0 saturated carbocycles. The lowest BCUT2D eigenvalue weighted by molar-refractivity contribution is -0.161. The Labute approximate surface area is 334 Å². The third-order valence-corrected chi connectivity index (χ3v) is 9.78. The molecule has 0 aliphatic carbocycles. The average Bonchev–Trinajstić information content (AvgIpc) is 3.17. The van der Waals surface area contributed by atoms with E-state index in [9.17, 15) is 14.7 Å². The Kier molecular flexibility index (Phi) is 43.0. The highest BCUT2D eigenvalue weighted by Gasteiger charge is 2.16. The summed E-state index contributed by atoms with van der Waals surface area (Å²) in [6.45, 7) is 4.09. The van der Waals surface area contributed by atoms with Crippen LogP contribution in [-0.2, 0) is 19.1 Å². The average molecular weight is 755 g/mol. The van der Waals surface area contributed by atoms with Crippen molar-refractivity contribution in [3.8, 4) is 0 Å². The monoisotopic (exact) mass is 755 g/mol. The van der Waals surface area contributed by atoms with E-state index >= 15 is 0 Å². The molecule has 0 aromatic heterocycles. The molecule has 1 N–H and O–H groups in total. The summed E-state index contributed by atoms with van der Waals surface area (Å²) in [6, 6.07) is 0. The molecule has 0 rings (SSSR count). The largest absolute Gasteiger partial charge is 0.462 e. The van der Waals surface area contributed by atoms with Crippen LogP contribution in [0.3, 0.4) is 0 Å². The maximum Gasteiger partial charge on any atom is 0.306 e. The van der Waals surface area contributed by atoms with E-state index in [0.29, 0.717) is 12.8 Å². The highest BCUT2D eigenvalue weighted by atomic mass is 16.6. The molecule has 5 heteroatoms. The smallest absolute Gasteiger partial charge is 0.306 e. The van der Waals surface area contributed by atoms with Crippen LogP contribution in [0.5, 0.6) is 0 Å². The fourth-order valence-electron chi connectivity index (χ4n) is 6.30. The van der Waals surface area contributed by atoms with E-state index in [0.717, 1.165) is 64.2 Å². The molecule has 0 radical (unpaired) electrons. The first-order valence-electron chi connectivity index (χ1n) is 22.8. The molecular formula is C49H86O5. The van der Waals surface area contributed by atoms with Gasteiger partial charge in [-0.3, -0.25) is 9.59 Å². The number of carbonyl (C=O) groups excluding carboxylic acids is 2. The number of aliphatic hydroxyl groups is 1. The van der Waals surface area contributed by atoms with Crippen LogP contribution in [0.2, 0.25) is 0 Å². The predicted octanol–water partition coefficient (Wildman–Crippen LogP) is 14.7. The number of hydrogen-bond donors (Lipinski definition) is 1. The SMILES string of the molecule is CCCCC/C=C\C/C=C\C/C=C\C/C=C\CCCCCC(=O)O[C@@H](CO)COC(=O)CCCCCCCCCCCCC/C=C\CCCCCCCC. The molecule has 0 aliphatic heterocycles. The Hall–Kier alpha value is -2.40. The lowest BCUT2D eigenvalue weighted by Crippen LogP contribution is -2.28. The zero-order chi connectivity index (χ0) is 39.3. The van der Waals surface area contributed by atoms with Crippen LogP contribution in [0.15, 0.2) is 60.8 Å². The predicted molar refractivity (Wildman–Crippen MR) is 233 cm³/mol. The molecule has 0 aliphatic rings. The van der Waals surface area contributed by atoms with Crippen molar-refractivity contribution >= 4 is 11.9 Å². The number of esters is 2. The van der Waals surface area contributed by atoms with Gasteiger partial charge in [0.25, 0.3) is 0 Å². The van der Waals surface area contributed by atoms with Gasteiger partial charge in [-0.25, -0.2) is 0 Å². The minimum Gasteiger partial charge on any atom is -0.462 e. The van der Waals surface area contributed by atoms with E-state index < -0.39 is 6.10 Å². The lowest BCUT2D eigenvalue weighted by atomic mass is 10.0. The molecule has 54 heavy (non-hydrogen) atoms. The van der Waals surface area contributed by atoms with Crippen LogP contribution in [-0.4, -0.2) is 36.4 Å². The Morgan fingerprint density at radius 3 is 1.19 bits per heavy atom. The molecular weight excluding hydrogens is 669 g/mol. The maximum absolute atomic E-state index is 12.2. The second-order valence-corrected chi connectivity index (χ2v) is 15.1. The first-order chi connectivity index (χ1) is 26.6. The molecule has 0 spiro atoms. The van der Waals surface area contributed by atoms with Gasteiger partial charge in [-0.2, -0.15) is 0 Å². The maximum atomic E-state index is 12.2. The minimum atomic E-state index is -0.790. The van der Waals surface area contributed by atoms with E-state index in [1.54, 1.807) is 0 Å². The van der Waals surface area contributed by atoms with Gasteiger partial charge in [0.1, 0.15) is 6.61 Å². The van der Waals surface area contributed by atoms with Crippen molar-refractivity contribution in [3.05, 3.63) is 60.8 Å². The number of rotatable bonds is 41. The molecule has 312 valence electrons. The van der Waals surface area contributed by atoms with Gasteiger partial charge in [-0.05, 0) is 83.5 Å². The molecule has 0 fully saturated rings. The van der Waals surface area contributed by atoms with Crippen molar-refractivity contribution in [3.63, 3.8) is 0 Å². The van der Waals surface area contributed by atoms with Crippen molar-refractivity contribution in [2.75, 3.05) is 13.2 Å². The molecule has 0 unspecified atom stereocenters. The molecule has 0 heterocycles. The quantitative estimate of drug-likeness (QED) is 0.0382. The summed E-state index contributed by atoms with van der Waals surface area (Å²) in [6.07, 6.45) is 58.6. The Morgan fingerprint density at radius 1 is 0.426 bits per heavy atom. The molecule has 1 atom stereocenters. The summed E-state index contributed by atoms with van der Waals surface area (Å²) < 4.78 is 10.6. The van der Waals surface area contributed by atoms with Crippen LogP contribution in [0, 0.1) is 0 Å². The molecule has 0 amide bonds. The van der Waals surface area contributed by atoms with Gasteiger partial charge in [0.2, 0.25) is 0 Å². The topological polar surface area (TPSA) is 72.8 Å². The van der Waals surface area contributed by atoms with Crippen molar-refractivity contribution in [2.45, 2.75) is 225 Å². The zero-order valence-corrected chi connectivity index (χ0v) is 35.5. The van der Waals surface area contributed by atoms with E-state index in [2.05, 4.69) is 74.6 Å². The Morgan fingerprint density at radius 2 is 0.741 bits per heavy atom. The standard InChI is InChI=1S/C49H86O5/c1-3-5-7-9-11-13-15-17-19-21-23-24-26-27-29-31-33-35-37-39-41-43-48(51)53-46-47(45-50)54-49(52)44-42-40-38-36-34-32-30-28-25-22-20-18-16-14-12-10-8-6-4-2/h12,14,17-20,25,28,32,34,47,50H,3-11,13,15-16,21-24,26-27,29-31,33,35-46H2,1-2H3/b14-12-,19-17-,20-18-,28-25-,34-32-/t47-/m0/s1. The summed E-state index contributed by atoms with van der Waals surface area (Å²) in [7, 11) is 0. The molecule has 5 nitrogen and oxygen atoms in total. The summed E-state index contributed by atoms with van der Waals surface area (Å²) >= 11 is 0. The van der Waals surface area contributed by atoms with Crippen LogP contribution in [0.1, 0.15) is 219 Å². The van der Waals surface area contributed by atoms with E-state index in [4.69, 9.17) is 9.47 Å². The van der Waals surface area contributed by atoms with Gasteiger partial charge in [-0.15, -0.1) is 0 Å². The van der Waals surface area contributed by atoms with Gasteiger partial charge in [0.05, 0.1) is 6.61 Å². The van der Waals surface area contributed by atoms with Gasteiger partial charge in [0, 0.05) is 12.8 Å². The van der Waals surface area contributed by atoms with E-state index in [1.165, 1.54) is 128 Å². The number of aliphatic hydroxyl groups excluding tert-OH is 1. The van der Waals surface area contributed by atoms with Gasteiger partial charge in [-0.1, -0.05) is 184 Å². The van der Waals surface area contributed by atoms with E-state index in [1.807, 2.05) is 0 Å². The first kappa shape index (κ1) is 51.6. The summed E-state index contributed by atoms with van der Waals surface area (Å²) in [5.41, 5.74) is 0. The summed E-state index contributed by atoms with van der Waals surface area (Å²) in [5, 5.41) is 9.59. The van der Waals surface area contributed by atoms with Crippen LogP contribution >= 0.6 is 0 Å². The normalized spacial score (nSPS) is 12.7. The van der Waals surface area contributed by atoms with Gasteiger partial charge < -0.3 is 14.6 Å². The number of ether oxygens (including phenoxy) is 2. The Bertz CT molecular complexity index is 946. The third-order valence-electron chi connectivity index (χ3n) is 9.78.